The predicted octanol–water partition coefficient (Wildman–Crippen LogP) is 3.33. The molecule has 0 aliphatic carbocycles. The minimum atomic E-state index is -0.582. The highest BCUT2D eigenvalue weighted by Crippen LogP contribution is 2.36. The first-order chi connectivity index (χ1) is 9.78. The molecule has 3 rings (SSSR count). The van der Waals surface area contributed by atoms with E-state index in [-0.39, 0.29) is 0 Å². The summed E-state index contributed by atoms with van der Waals surface area (Å²) in [6.45, 7) is 2.23. The molecule has 0 amide bonds. The van der Waals surface area contributed by atoms with E-state index < -0.39 is 5.79 Å². The van der Waals surface area contributed by atoms with Crippen molar-refractivity contribution in [3.8, 4) is 0 Å². The van der Waals surface area contributed by atoms with Crippen molar-refractivity contribution in [3.63, 3.8) is 0 Å². The molecule has 2 heterocycles. The summed E-state index contributed by atoms with van der Waals surface area (Å²) in [5, 5.41) is 0. The lowest BCUT2D eigenvalue weighted by Gasteiger charge is -2.28. The van der Waals surface area contributed by atoms with Crippen LogP contribution in [-0.2, 0) is 21.8 Å². The lowest BCUT2D eigenvalue weighted by atomic mass is 10.0. The lowest BCUT2D eigenvalue weighted by Crippen LogP contribution is -2.27. The van der Waals surface area contributed by atoms with Crippen LogP contribution in [0.1, 0.15) is 18.4 Å². The number of hydrogen-bond donors (Lipinski definition) is 0. The van der Waals surface area contributed by atoms with Crippen molar-refractivity contribution < 1.29 is 9.47 Å². The topological polar surface area (TPSA) is 36.3 Å². The predicted molar refractivity (Wildman–Crippen MR) is 79.2 cm³/mol. The van der Waals surface area contributed by atoms with Gasteiger partial charge in [-0.3, -0.25) is 0 Å². The summed E-state index contributed by atoms with van der Waals surface area (Å²) in [5.41, 5.74) is 1.09. The molecule has 0 saturated carbocycles. The number of halogens is 1. The van der Waals surface area contributed by atoms with E-state index in [1.165, 1.54) is 0 Å². The smallest absolute Gasteiger partial charge is 0.195 e. The second-order valence-corrected chi connectivity index (χ2v) is 5.78. The average Bonchev–Trinajstić information content (AvgIpc) is 3.12. The molecule has 5 heteroatoms. The maximum absolute atomic E-state index is 5.92. The van der Waals surface area contributed by atoms with Crippen molar-refractivity contribution >= 4 is 15.9 Å². The summed E-state index contributed by atoms with van der Waals surface area (Å²) in [5.74, 6) is -0.582. The van der Waals surface area contributed by atoms with Gasteiger partial charge in [0, 0.05) is 35.4 Å². The molecule has 1 aromatic heterocycles. The molecule has 2 aromatic rings. The Morgan fingerprint density at radius 3 is 2.60 bits per heavy atom. The van der Waals surface area contributed by atoms with E-state index in [4.69, 9.17) is 9.47 Å². The van der Waals surface area contributed by atoms with E-state index in [0.29, 0.717) is 13.2 Å². The molecule has 0 N–H and O–H groups in total. The fourth-order valence-corrected chi connectivity index (χ4v) is 2.79. The molecule has 0 radical (unpaired) electrons. The zero-order valence-electron chi connectivity index (χ0n) is 11.2. The summed E-state index contributed by atoms with van der Waals surface area (Å²) in [6, 6.07) is 8.18. The maximum atomic E-state index is 5.92. The molecule has 1 fully saturated rings. The van der Waals surface area contributed by atoms with Gasteiger partial charge in [-0.15, -0.1) is 0 Å². The Bertz CT molecular complexity index is 534. The number of rotatable bonds is 5. The first kappa shape index (κ1) is 13.8. The summed E-state index contributed by atoms with van der Waals surface area (Å²) in [7, 11) is 0. The summed E-state index contributed by atoms with van der Waals surface area (Å²) < 4.78 is 15.0. The molecule has 20 heavy (non-hydrogen) atoms. The van der Waals surface area contributed by atoms with Crippen LogP contribution in [0, 0.1) is 0 Å². The zero-order chi connectivity index (χ0) is 13.8. The van der Waals surface area contributed by atoms with E-state index in [9.17, 15) is 0 Å². The van der Waals surface area contributed by atoms with Gasteiger partial charge in [0.15, 0.2) is 5.79 Å². The van der Waals surface area contributed by atoms with Crippen LogP contribution in [0.25, 0.3) is 0 Å². The van der Waals surface area contributed by atoms with Crippen LogP contribution in [0.2, 0.25) is 0 Å². The third-order valence-corrected chi connectivity index (χ3v) is 4.05. The molecule has 106 valence electrons. The van der Waals surface area contributed by atoms with Gasteiger partial charge in [-0.25, -0.2) is 4.98 Å². The van der Waals surface area contributed by atoms with E-state index in [0.717, 1.165) is 29.4 Å². The standard InChI is InChI=1S/C15H17BrN2O2/c16-14-4-2-13(3-5-14)15(19-10-11-20-15)6-1-8-18-9-7-17-12-18/h2-5,7,9,12H,1,6,8,10-11H2. The zero-order valence-corrected chi connectivity index (χ0v) is 12.8. The first-order valence-electron chi connectivity index (χ1n) is 6.78. The van der Waals surface area contributed by atoms with Gasteiger partial charge in [-0.2, -0.15) is 0 Å². The van der Waals surface area contributed by atoms with Gasteiger partial charge >= 0.3 is 0 Å². The Morgan fingerprint density at radius 2 is 1.95 bits per heavy atom. The Balaban J connectivity index is 1.69. The van der Waals surface area contributed by atoms with Crippen LogP contribution >= 0.6 is 15.9 Å². The van der Waals surface area contributed by atoms with Crippen molar-refractivity contribution in [2.45, 2.75) is 25.2 Å². The fourth-order valence-electron chi connectivity index (χ4n) is 2.53. The van der Waals surface area contributed by atoms with Crippen LogP contribution in [-0.4, -0.2) is 22.8 Å². The summed E-state index contributed by atoms with van der Waals surface area (Å²) in [4.78, 5) is 4.05. The van der Waals surface area contributed by atoms with Gasteiger partial charge in [0.25, 0.3) is 0 Å². The fraction of sp³-hybridized carbons (Fsp3) is 0.400. The normalized spacial score (nSPS) is 17.4. The third-order valence-electron chi connectivity index (χ3n) is 3.52. The maximum Gasteiger partial charge on any atom is 0.195 e. The van der Waals surface area contributed by atoms with Crippen molar-refractivity contribution in [1.82, 2.24) is 9.55 Å². The van der Waals surface area contributed by atoms with Crippen molar-refractivity contribution in [2.24, 2.45) is 0 Å². The lowest BCUT2D eigenvalue weighted by molar-refractivity contribution is -0.172. The number of aryl methyl sites for hydroxylation is 1. The molecule has 0 spiro atoms. The first-order valence-corrected chi connectivity index (χ1v) is 7.57. The Morgan fingerprint density at radius 1 is 1.20 bits per heavy atom. The summed E-state index contributed by atoms with van der Waals surface area (Å²) >= 11 is 3.46. The van der Waals surface area contributed by atoms with Gasteiger partial charge in [-0.1, -0.05) is 28.1 Å². The highest BCUT2D eigenvalue weighted by atomic mass is 79.9. The monoisotopic (exact) mass is 336 g/mol. The Labute approximate surface area is 126 Å². The van der Waals surface area contributed by atoms with Crippen molar-refractivity contribution in [2.75, 3.05) is 13.2 Å². The number of aromatic nitrogens is 2. The van der Waals surface area contributed by atoms with Gasteiger partial charge in [0.2, 0.25) is 0 Å². The second-order valence-electron chi connectivity index (χ2n) is 4.86. The molecule has 1 aromatic carbocycles. The second kappa shape index (κ2) is 6.08. The van der Waals surface area contributed by atoms with Gasteiger partial charge < -0.3 is 14.0 Å². The minimum Gasteiger partial charge on any atom is -0.343 e. The van der Waals surface area contributed by atoms with Crippen LogP contribution in [0.4, 0.5) is 0 Å². The number of nitrogens with zero attached hydrogens (tertiary/aromatic N) is 2. The Kier molecular flexibility index (Phi) is 4.19. The quantitative estimate of drug-likeness (QED) is 0.840. The van der Waals surface area contributed by atoms with Gasteiger partial charge in [-0.05, 0) is 18.6 Å². The number of hydrogen-bond acceptors (Lipinski definition) is 3. The minimum absolute atomic E-state index is 0.582. The van der Waals surface area contributed by atoms with Crippen LogP contribution < -0.4 is 0 Å². The highest BCUT2D eigenvalue weighted by Gasteiger charge is 2.37. The average molecular weight is 337 g/mol. The number of imidazole rings is 1. The van der Waals surface area contributed by atoms with E-state index in [1.54, 1.807) is 6.20 Å². The SMILES string of the molecule is Brc1ccc(C2(CCCn3ccnc3)OCCO2)cc1. The van der Waals surface area contributed by atoms with Crippen LogP contribution in [0.5, 0.6) is 0 Å². The molecule has 1 saturated heterocycles. The number of benzene rings is 1. The van der Waals surface area contributed by atoms with Crippen LogP contribution in [0.3, 0.4) is 0 Å². The van der Waals surface area contributed by atoms with Crippen molar-refractivity contribution in [3.05, 3.63) is 53.0 Å². The molecule has 0 bridgehead atoms. The van der Waals surface area contributed by atoms with E-state index in [1.807, 2.05) is 24.7 Å². The Hall–Kier alpha value is -1.17. The summed E-state index contributed by atoms with van der Waals surface area (Å²) in [6.07, 6.45) is 7.43. The molecule has 0 atom stereocenters. The van der Waals surface area contributed by atoms with Crippen LogP contribution in [0.15, 0.2) is 47.5 Å². The molecule has 4 nitrogen and oxygen atoms in total. The van der Waals surface area contributed by atoms with Gasteiger partial charge in [0.05, 0.1) is 19.5 Å². The molecule has 1 aliphatic heterocycles. The molecular formula is C15H17BrN2O2. The highest BCUT2D eigenvalue weighted by molar-refractivity contribution is 9.10. The third kappa shape index (κ3) is 2.95. The van der Waals surface area contributed by atoms with Crippen molar-refractivity contribution in [1.29, 1.82) is 0 Å². The van der Waals surface area contributed by atoms with E-state index >= 15 is 0 Å². The molecule has 1 aliphatic rings. The van der Waals surface area contributed by atoms with E-state index in [2.05, 4.69) is 37.6 Å². The molecule has 0 unspecified atom stereocenters. The van der Waals surface area contributed by atoms with Gasteiger partial charge in [0.1, 0.15) is 0 Å². The number of ether oxygens (including phenoxy) is 2. The molecular weight excluding hydrogens is 320 g/mol. The largest absolute Gasteiger partial charge is 0.343 e.